The van der Waals surface area contributed by atoms with E-state index in [1.165, 1.54) is 11.8 Å². The van der Waals surface area contributed by atoms with Crippen LogP contribution in [0.15, 0.2) is 35.5 Å². The van der Waals surface area contributed by atoms with E-state index in [4.69, 9.17) is 16.3 Å². The summed E-state index contributed by atoms with van der Waals surface area (Å²) < 4.78 is 5.34. The van der Waals surface area contributed by atoms with E-state index in [9.17, 15) is 4.79 Å². The van der Waals surface area contributed by atoms with Crippen molar-refractivity contribution in [3.63, 3.8) is 0 Å². The lowest BCUT2D eigenvalue weighted by Gasteiger charge is -2.26. The highest BCUT2D eigenvalue weighted by Crippen LogP contribution is 2.23. The maximum Gasteiger partial charge on any atom is 0.230 e. The summed E-state index contributed by atoms with van der Waals surface area (Å²) in [6.07, 6.45) is 0.943. The standard InChI is InChI=1S/C20H25ClN4O2S/c1-15-13-18(16-3-5-17(21)6-4-16)24-20(23-15)28-14-19(26)22-7-2-8-25-9-11-27-12-10-25/h3-6,13H,2,7-12,14H2,1H3,(H,22,26). The molecule has 6 nitrogen and oxygen atoms in total. The van der Waals surface area contributed by atoms with Crippen LogP contribution in [0.5, 0.6) is 0 Å². The molecule has 0 spiro atoms. The lowest BCUT2D eigenvalue weighted by Crippen LogP contribution is -2.38. The highest BCUT2D eigenvalue weighted by atomic mass is 35.5. The Morgan fingerprint density at radius 3 is 2.75 bits per heavy atom. The number of hydrogen-bond donors (Lipinski definition) is 1. The van der Waals surface area contributed by atoms with Crippen LogP contribution >= 0.6 is 23.4 Å². The van der Waals surface area contributed by atoms with Crippen molar-refractivity contribution in [1.29, 1.82) is 0 Å². The molecule has 28 heavy (non-hydrogen) atoms. The Kier molecular flexibility index (Phi) is 8.09. The molecule has 1 amide bonds. The van der Waals surface area contributed by atoms with Crippen molar-refractivity contribution in [1.82, 2.24) is 20.2 Å². The third-order valence-electron chi connectivity index (χ3n) is 4.38. The maximum absolute atomic E-state index is 12.1. The van der Waals surface area contributed by atoms with Gasteiger partial charge in [-0.1, -0.05) is 35.5 Å². The van der Waals surface area contributed by atoms with Crippen LogP contribution in [0.3, 0.4) is 0 Å². The van der Waals surface area contributed by atoms with Crippen molar-refractivity contribution in [3.05, 3.63) is 41.0 Å². The summed E-state index contributed by atoms with van der Waals surface area (Å²) in [4.78, 5) is 23.5. The first-order chi connectivity index (χ1) is 13.6. The zero-order valence-electron chi connectivity index (χ0n) is 16.0. The molecule has 1 aromatic carbocycles. The predicted molar refractivity (Wildman–Crippen MR) is 113 cm³/mol. The number of halogens is 1. The monoisotopic (exact) mass is 420 g/mol. The molecule has 3 rings (SSSR count). The molecule has 1 aliphatic heterocycles. The van der Waals surface area contributed by atoms with E-state index in [1.54, 1.807) is 0 Å². The van der Waals surface area contributed by atoms with Crippen molar-refractivity contribution in [2.24, 2.45) is 0 Å². The second-order valence-corrected chi connectivity index (χ2v) is 8.01. The third-order valence-corrected chi connectivity index (χ3v) is 5.48. The molecule has 1 fully saturated rings. The molecule has 0 unspecified atom stereocenters. The van der Waals surface area contributed by atoms with E-state index in [2.05, 4.69) is 20.2 Å². The number of carbonyl (C=O) groups is 1. The smallest absolute Gasteiger partial charge is 0.230 e. The van der Waals surface area contributed by atoms with Gasteiger partial charge in [0.25, 0.3) is 0 Å². The molecule has 1 N–H and O–H groups in total. The molecule has 8 heteroatoms. The number of amides is 1. The highest BCUT2D eigenvalue weighted by Gasteiger charge is 2.11. The van der Waals surface area contributed by atoms with Gasteiger partial charge in [-0.05, 0) is 38.1 Å². The number of nitrogens with zero attached hydrogens (tertiary/aromatic N) is 3. The Labute approximate surface area is 175 Å². The van der Waals surface area contributed by atoms with Gasteiger partial charge in [0, 0.05) is 35.9 Å². The molecule has 0 radical (unpaired) electrons. The van der Waals surface area contributed by atoms with Gasteiger partial charge in [-0.25, -0.2) is 9.97 Å². The number of rotatable bonds is 8. The molecular formula is C20H25ClN4O2S. The summed E-state index contributed by atoms with van der Waals surface area (Å²) in [6.45, 7) is 7.16. The lowest BCUT2D eigenvalue weighted by atomic mass is 10.1. The van der Waals surface area contributed by atoms with Crippen molar-refractivity contribution in [2.75, 3.05) is 45.1 Å². The summed E-state index contributed by atoms with van der Waals surface area (Å²) in [5, 5.41) is 4.27. The Morgan fingerprint density at radius 2 is 2.00 bits per heavy atom. The van der Waals surface area contributed by atoms with E-state index >= 15 is 0 Å². The number of thioether (sulfide) groups is 1. The van der Waals surface area contributed by atoms with Crippen LogP contribution in [0.1, 0.15) is 12.1 Å². The minimum atomic E-state index is 0.00475. The molecule has 2 heterocycles. The normalized spacial score (nSPS) is 14.8. The second-order valence-electron chi connectivity index (χ2n) is 6.63. The minimum Gasteiger partial charge on any atom is -0.379 e. The summed E-state index contributed by atoms with van der Waals surface area (Å²) in [5.74, 6) is 0.311. The number of morpholine rings is 1. The molecule has 1 aromatic heterocycles. The van der Waals surface area contributed by atoms with Gasteiger partial charge in [-0.3, -0.25) is 9.69 Å². The first-order valence-corrected chi connectivity index (χ1v) is 10.8. The molecule has 0 bridgehead atoms. The summed E-state index contributed by atoms with van der Waals surface area (Å²) >= 11 is 7.31. The topological polar surface area (TPSA) is 67.4 Å². The fraction of sp³-hybridized carbons (Fsp3) is 0.450. The first kappa shape index (κ1) is 21.0. The number of benzene rings is 1. The predicted octanol–water partition coefficient (Wildman–Crippen LogP) is 3.04. The molecular weight excluding hydrogens is 396 g/mol. The Balaban J connectivity index is 1.44. The molecule has 0 saturated carbocycles. The van der Waals surface area contributed by atoms with E-state index < -0.39 is 0 Å². The van der Waals surface area contributed by atoms with E-state index in [0.717, 1.165) is 56.2 Å². The number of hydrogen-bond acceptors (Lipinski definition) is 6. The van der Waals surface area contributed by atoms with Gasteiger partial charge in [0.05, 0.1) is 24.7 Å². The molecule has 1 saturated heterocycles. The third kappa shape index (κ3) is 6.74. The molecule has 2 aromatic rings. The second kappa shape index (κ2) is 10.8. The number of aromatic nitrogens is 2. The van der Waals surface area contributed by atoms with Crippen molar-refractivity contribution < 1.29 is 9.53 Å². The Hall–Kier alpha value is -1.67. The van der Waals surface area contributed by atoms with Crippen LogP contribution in [0.4, 0.5) is 0 Å². The zero-order valence-corrected chi connectivity index (χ0v) is 17.6. The van der Waals surface area contributed by atoms with Crippen LogP contribution < -0.4 is 5.32 Å². The van der Waals surface area contributed by atoms with Crippen LogP contribution in [0, 0.1) is 6.92 Å². The zero-order chi connectivity index (χ0) is 19.8. The van der Waals surface area contributed by atoms with Gasteiger partial charge in [-0.2, -0.15) is 0 Å². The largest absolute Gasteiger partial charge is 0.379 e. The van der Waals surface area contributed by atoms with Gasteiger partial charge in [0.15, 0.2) is 5.16 Å². The summed E-state index contributed by atoms with van der Waals surface area (Å²) in [7, 11) is 0. The van der Waals surface area contributed by atoms with Gasteiger partial charge in [-0.15, -0.1) is 0 Å². The quantitative estimate of drug-likeness (QED) is 0.402. The van der Waals surface area contributed by atoms with Crippen molar-refractivity contribution in [3.8, 4) is 11.3 Å². The van der Waals surface area contributed by atoms with Crippen LogP contribution in [0.25, 0.3) is 11.3 Å². The minimum absolute atomic E-state index is 0.00475. The van der Waals surface area contributed by atoms with Gasteiger partial charge < -0.3 is 10.1 Å². The fourth-order valence-electron chi connectivity index (χ4n) is 2.91. The lowest BCUT2D eigenvalue weighted by molar-refractivity contribution is -0.118. The van der Waals surface area contributed by atoms with Gasteiger partial charge in [0.2, 0.25) is 5.91 Å². The van der Waals surface area contributed by atoms with Crippen LogP contribution in [-0.4, -0.2) is 65.9 Å². The molecule has 1 aliphatic rings. The van der Waals surface area contributed by atoms with E-state index in [-0.39, 0.29) is 5.91 Å². The van der Waals surface area contributed by atoms with Crippen molar-refractivity contribution >= 4 is 29.3 Å². The first-order valence-electron chi connectivity index (χ1n) is 9.41. The van der Waals surface area contributed by atoms with Crippen LogP contribution in [-0.2, 0) is 9.53 Å². The Bertz CT molecular complexity index is 782. The number of nitrogens with one attached hydrogen (secondary N) is 1. The average molecular weight is 421 g/mol. The van der Waals surface area contributed by atoms with Crippen molar-refractivity contribution in [2.45, 2.75) is 18.5 Å². The average Bonchev–Trinajstić information content (AvgIpc) is 2.70. The number of ether oxygens (including phenoxy) is 1. The number of carbonyl (C=O) groups excluding carboxylic acids is 1. The van der Waals surface area contributed by atoms with Gasteiger partial charge >= 0.3 is 0 Å². The van der Waals surface area contributed by atoms with E-state index in [1.807, 2.05) is 37.3 Å². The molecule has 150 valence electrons. The van der Waals surface area contributed by atoms with Gasteiger partial charge in [0.1, 0.15) is 0 Å². The van der Waals surface area contributed by atoms with E-state index in [0.29, 0.717) is 22.5 Å². The summed E-state index contributed by atoms with van der Waals surface area (Å²) in [6, 6.07) is 9.47. The summed E-state index contributed by atoms with van der Waals surface area (Å²) in [5.41, 5.74) is 2.68. The maximum atomic E-state index is 12.1. The Morgan fingerprint density at radius 1 is 1.25 bits per heavy atom. The number of aryl methyl sites for hydroxylation is 1. The highest BCUT2D eigenvalue weighted by molar-refractivity contribution is 7.99. The van der Waals surface area contributed by atoms with Crippen LogP contribution in [0.2, 0.25) is 5.02 Å². The SMILES string of the molecule is Cc1cc(-c2ccc(Cl)cc2)nc(SCC(=O)NCCCN2CCOCC2)n1. The molecule has 0 aliphatic carbocycles. The fourth-order valence-corrected chi connectivity index (χ4v) is 3.77. The molecule has 0 atom stereocenters.